The lowest BCUT2D eigenvalue weighted by molar-refractivity contribution is -0.192. The Morgan fingerprint density at radius 2 is 1.88 bits per heavy atom. The molecule has 178 valence electrons. The lowest BCUT2D eigenvalue weighted by Crippen LogP contribution is -2.40. The van der Waals surface area contributed by atoms with Crippen LogP contribution in [0.1, 0.15) is 17.7 Å². The molecule has 0 radical (unpaired) electrons. The van der Waals surface area contributed by atoms with Gasteiger partial charge in [-0.05, 0) is 18.6 Å². The van der Waals surface area contributed by atoms with E-state index in [0.29, 0.717) is 31.5 Å². The van der Waals surface area contributed by atoms with E-state index in [1.807, 2.05) is 18.3 Å². The molecule has 9 nitrogen and oxygen atoms in total. The highest BCUT2D eigenvalue weighted by atomic mass is 19.4. The number of aromatic nitrogens is 5. The molecule has 1 fully saturated rings. The van der Waals surface area contributed by atoms with Gasteiger partial charge in [0.2, 0.25) is 5.95 Å². The van der Waals surface area contributed by atoms with Gasteiger partial charge in [-0.25, -0.2) is 29.1 Å². The number of hydrogen-bond acceptors (Lipinski definition) is 8. The summed E-state index contributed by atoms with van der Waals surface area (Å²) in [6, 6.07) is 3.83. The third kappa shape index (κ3) is 4.93. The summed E-state index contributed by atoms with van der Waals surface area (Å²) in [6.07, 6.45) is 3.52. The second-order valence-corrected chi connectivity index (χ2v) is 7.76. The van der Waals surface area contributed by atoms with Crippen molar-refractivity contribution in [2.24, 2.45) is 0 Å². The van der Waals surface area contributed by atoms with Crippen LogP contribution in [0.5, 0.6) is 0 Å². The topological polar surface area (TPSA) is 114 Å². The number of carboxylic acids is 1. The Morgan fingerprint density at radius 1 is 1.15 bits per heavy atom. The smallest absolute Gasteiger partial charge is 0.475 e. The first-order valence-corrected chi connectivity index (χ1v) is 10.1. The first-order valence-electron chi connectivity index (χ1n) is 10.1. The molecule has 1 atom stereocenters. The lowest BCUT2D eigenvalue weighted by atomic mass is 9.80. The summed E-state index contributed by atoms with van der Waals surface area (Å²) in [5.74, 6) is -2.00. The fourth-order valence-electron chi connectivity index (χ4n) is 3.85. The number of aliphatic carboxylic acids is 1. The largest absolute Gasteiger partial charge is 0.490 e. The number of fused-ring (bicyclic) bond motifs is 2. The Morgan fingerprint density at radius 3 is 2.53 bits per heavy atom. The van der Waals surface area contributed by atoms with Crippen LogP contribution in [0.25, 0.3) is 11.4 Å². The molecular formula is C21H18F4N6O3. The molecule has 34 heavy (non-hydrogen) atoms. The minimum Gasteiger partial charge on any atom is -0.475 e. The van der Waals surface area contributed by atoms with Gasteiger partial charge in [0.05, 0.1) is 36.7 Å². The number of ether oxygens (including phenoxy) is 1. The van der Waals surface area contributed by atoms with E-state index in [2.05, 4.69) is 24.8 Å². The predicted octanol–water partition coefficient (Wildman–Crippen LogP) is 2.78. The molecule has 0 aromatic carbocycles. The molecular weight excluding hydrogens is 460 g/mol. The second kappa shape index (κ2) is 9.25. The predicted molar refractivity (Wildman–Crippen MR) is 109 cm³/mol. The molecule has 1 N–H and O–H groups in total. The summed E-state index contributed by atoms with van der Waals surface area (Å²) >= 11 is 0. The maximum Gasteiger partial charge on any atom is 0.490 e. The number of carbonyl (C=O) groups is 1. The molecule has 2 aliphatic heterocycles. The third-order valence-electron chi connectivity index (χ3n) is 5.41. The zero-order chi connectivity index (χ0) is 24.3. The van der Waals surface area contributed by atoms with Crippen LogP contribution in [0.15, 0.2) is 43.1 Å². The molecule has 2 aliphatic rings. The molecule has 3 aromatic heterocycles. The van der Waals surface area contributed by atoms with E-state index in [1.54, 1.807) is 12.4 Å². The van der Waals surface area contributed by atoms with E-state index < -0.39 is 18.0 Å². The molecule has 1 unspecified atom stereocenters. The first-order chi connectivity index (χ1) is 16.2. The number of carboxylic acid groups (broad SMARTS) is 1. The van der Waals surface area contributed by atoms with Crippen LogP contribution in [-0.2, 0) is 21.6 Å². The van der Waals surface area contributed by atoms with Crippen molar-refractivity contribution in [3.63, 3.8) is 0 Å². The normalized spacial score (nSPS) is 19.4. The lowest BCUT2D eigenvalue weighted by Gasteiger charge is -2.34. The third-order valence-corrected chi connectivity index (χ3v) is 5.41. The first kappa shape index (κ1) is 23.4. The molecule has 0 aliphatic carbocycles. The Bertz CT molecular complexity index is 1160. The van der Waals surface area contributed by atoms with Crippen LogP contribution < -0.4 is 4.90 Å². The van der Waals surface area contributed by atoms with Crippen molar-refractivity contribution in [1.82, 2.24) is 24.9 Å². The van der Waals surface area contributed by atoms with Crippen molar-refractivity contribution >= 4 is 11.9 Å². The quantitative estimate of drug-likeness (QED) is 0.556. The zero-order valence-electron chi connectivity index (χ0n) is 17.5. The van der Waals surface area contributed by atoms with Gasteiger partial charge < -0.3 is 14.7 Å². The van der Waals surface area contributed by atoms with E-state index in [0.717, 1.165) is 29.8 Å². The molecule has 5 rings (SSSR count). The highest BCUT2D eigenvalue weighted by Crippen LogP contribution is 2.40. The van der Waals surface area contributed by atoms with E-state index in [-0.39, 0.29) is 5.41 Å². The summed E-state index contributed by atoms with van der Waals surface area (Å²) in [7, 11) is 0. The number of hydrogen-bond donors (Lipinski definition) is 1. The molecule has 1 saturated heterocycles. The number of rotatable bonds is 2. The molecule has 0 amide bonds. The Kier molecular flexibility index (Phi) is 6.37. The molecule has 13 heteroatoms. The highest BCUT2D eigenvalue weighted by molar-refractivity contribution is 5.73. The van der Waals surface area contributed by atoms with Crippen molar-refractivity contribution in [2.75, 3.05) is 24.6 Å². The van der Waals surface area contributed by atoms with Crippen LogP contribution in [0, 0.1) is 5.82 Å². The number of nitrogens with zero attached hydrogens (tertiary/aromatic N) is 6. The molecule has 1 spiro atoms. The summed E-state index contributed by atoms with van der Waals surface area (Å²) in [4.78, 5) is 32.7. The fourth-order valence-corrected chi connectivity index (χ4v) is 3.85. The minimum atomic E-state index is -5.08. The van der Waals surface area contributed by atoms with Gasteiger partial charge in [0, 0.05) is 42.8 Å². The average molecular weight is 478 g/mol. The van der Waals surface area contributed by atoms with Crippen molar-refractivity contribution in [3.05, 3.63) is 60.2 Å². The van der Waals surface area contributed by atoms with Gasteiger partial charge in [-0.1, -0.05) is 0 Å². The summed E-state index contributed by atoms with van der Waals surface area (Å²) in [5.41, 5.74) is 2.67. The van der Waals surface area contributed by atoms with Crippen LogP contribution >= 0.6 is 0 Å². The minimum absolute atomic E-state index is 0.245. The van der Waals surface area contributed by atoms with Gasteiger partial charge >= 0.3 is 12.1 Å². The van der Waals surface area contributed by atoms with E-state index in [4.69, 9.17) is 19.6 Å². The van der Waals surface area contributed by atoms with Crippen LogP contribution in [0.4, 0.5) is 23.5 Å². The van der Waals surface area contributed by atoms with Crippen molar-refractivity contribution < 1.29 is 32.2 Å². The van der Waals surface area contributed by atoms with E-state index >= 15 is 0 Å². The van der Waals surface area contributed by atoms with Crippen LogP contribution in [-0.4, -0.2) is 61.9 Å². The molecule has 0 bridgehead atoms. The number of alkyl halides is 3. The van der Waals surface area contributed by atoms with Gasteiger partial charge in [-0.3, -0.25) is 4.98 Å². The number of halogens is 4. The Labute approximate surface area is 190 Å². The maximum atomic E-state index is 13.1. The molecule has 3 aromatic rings. The van der Waals surface area contributed by atoms with Crippen LogP contribution in [0.3, 0.4) is 0 Å². The van der Waals surface area contributed by atoms with Gasteiger partial charge in [0.15, 0.2) is 11.6 Å². The highest BCUT2D eigenvalue weighted by Gasteiger charge is 2.45. The summed E-state index contributed by atoms with van der Waals surface area (Å²) < 4.78 is 50.7. The monoisotopic (exact) mass is 478 g/mol. The maximum absolute atomic E-state index is 13.1. The van der Waals surface area contributed by atoms with E-state index in [1.165, 1.54) is 12.4 Å². The fraction of sp³-hybridized carbons (Fsp3) is 0.333. The van der Waals surface area contributed by atoms with Gasteiger partial charge in [-0.2, -0.15) is 13.2 Å². The summed E-state index contributed by atoms with van der Waals surface area (Å²) in [6.45, 7) is 2.54. The molecule has 5 heterocycles. The number of anilines is 1. The standard InChI is InChI=1S/C19H17FN6O.C2HF3O2/c20-15-8-23-18(24-9-15)26-5-3-19(11-26)12-27-10-14-7-22-17(25-16(14)19)13-2-1-4-21-6-13;3-2(4,5)1(6)7/h1-2,4,6-9H,3,5,10-12H2;(H,6,7). The molecule has 0 saturated carbocycles. The number of pyridine rings is 1. The van der Waals surface area contributed by atoms with Gasteiger partial charge in [-0.15, -0.1) is 0 Å². The van der Waals surface area contributed by atoms with Crippen molar-refractivity contribution in [1.29, 1.82) is 0 Å². The van der Waals surface area contributed by atoms with E-state index in [9.17, 15) is 17.6 Å². The zero-order valence-corrected chi connectivity index (χ0v) is 17.5. The summed E-state index contributed by atoms with van der Waals surface area (Å²) in [5, 5.41) is 7.12. The second-order valence-electron chi connectivity index (χ2n) is 7.76. The van der Waals surface area contributed by atoms with Crippen molar-refractivity contribution in [2.45, 2.75) is 24.6 Å². The van der Waals surface area contributed by atoms with Crippen molar-refractivity contribution in [3.8, 4) is 11.4 Å². The average Bonchev–Trinajstić information content (AvgIpc) is 3.24. The Hall–Kier alpha value is -3.74. The van der Waals surface area contributed by atoms with Gasteiger partial charge in [0.1, 0.15) is 0 Å². The SMILES string of the molecule is Fc1cnc(N2CCC3(COCc4cnc(-c5cccnc5)nc43)C2)nc1.O=C(O)C(F)(F)F. The van der Waals surface area contributed by atoms with Gasteiger partial charge in [0.25, 0.3) is 0 Å². The Balaban J connectivity index is 0.000000344. The van der Waals surface area contributed by atoms with Crippen LogP contribution in [0.2, 0.25) is 0 Å².